The molecule has 0 radical (unpaired) electrons. The van der Waals surface area contributed by atoms with Crippen LogP contribution in [-0.2, 0) is 30.2 Å². The quantitative estimate of drug-likeness (QED) is 0.349. The van der Waals surface area contributed by atoms with Crippen LogP contribution in [0, 0.1) is 5.92 Å². The predicted octanol–water partition coefficient (Wildman–Crippen LogP) is 5.45. The third-order valence-electron chi connectivity index (χ3n) is 5.97. The molecule has 3 heterocycles. The number of carbonyl (C=O) groups is 2. The van der Waals surface area contributed by atoms with E-state index in [-0.39, 0.29) is 29.0 Å². The highest BCUT2D eigenvalue weighted by Gasteiger charge is 2.40. The second-order valence-corrected chi connectivity index (χ2v) is 8.74. The zero-order valence-corrected chi connectivity index (χ0v) is 19.7. The van der Waals surface area contributed by atoms with E-state index in [1.54, 1.807) is 31.6 Å². The van der Waals surface area contributed by atoms with Gasteiger partial charge in [0.1, 0.15) is 0 Å². The van der Waals surface area contributed by atoms with Crippen LogP contribution in [0.4, 0.5) is 0 Å². The first-order valence-corrected chi connectivity index (χ1v) is 11.2. The molecule has 1 N–H and O–H groups in total. The maximum atomic E-state index is 12.3. The summed E-state index contributed by atoms with van der Waals surface area (Å²) in [6, 6.07) is 1.82. The van der Waals surface area contributed by atoms with Gasteiger partial charge in [-0.15, -0.1) is 0 Å². The van der Waals surface area contributed by atoms with E-state index < -0.39 is 11.8 Å². The van der Waals surface area contributed by atoms with Crippen molar-refractivity contribution >= 4 is 11.9 Å². The number of ether oxygens (including phenoxy) is 3. The van der Waals surface area contributed by atoms with Gasteiger partial charge < -0.3 is 23.7 Å². The summed E-state index contributed by atoms with van der Waals surface area (Å²) >= 11 is 0. The Morgan fingerprint density at radius 2 is 2.09 bits per heavy atom. The molecule has 0 amide bonds. The maximum Gasteiger partial charge on any atom is 0.343 e. The van der Waals surface area contributed by atoms with Gasteiger partial charge in [0.05, 0.1) is 18.1 Å². The van der Waals surface area contributed by atoms with E-state index in [0.29, 0.717) is 18.4 Å². The number of carbonyl (C=O) groups excluding carboxylic acids is 2. The molecule has 33 heavy (non-hydrogen) atoms. The molecule has 2 aliphatic rings. The summed E-state index contributed by atoms with van der Waals surface area (Å²) in [5, 5.41) is 9.92. The Bertz CT molecular complexity index is 994. The summed E-state index contributed by atoms with van der Waals surface area (Å²) in [4.78, 5) is 23.8. The number of aliphatic hydroxyl groups is 1. The van der Waals surface area contributed by atoms with Crippen LogP contribution in [0.25, 0.3) is 0 Å². The first-order chi connectivity index (χ1) is 15.7. The molecule has 0 saturated heterocycles. The molecule has 3 rings (SSSR count). The van der Waals surface area contributed by atoms with Crippen LogP contribution in [0.2, 0.25) is 0 Å². The van der Waals surface area contributed by atoms with Crippen LogP contribution in [0.5, 0.6) is 0 Å². The Morgan fingerprint density at radius 1 is 1.30 bits per heavy atom. The smallest absolute Gasteiger partial charge is 0.343 e. The van der Waals surface area contributed by atoms with E-state index in [4.69, 9.17) is 18.6 Å². The Balaban J connectivity index is 1.44. The van der Waals surface area contributed by atoms with Gasteiger partial charge in [-0.1, -0.05) is 18.6 Å². The zero-order chi connectivity index (χ0) is 24.0. The molecule has 2 atom stereocenters. The van der Waals surface area contributed by atoms with Gasteiger partial charge in [0, 0.05) is 19.1 Å². The van der Waals surface area contributed by atoms with Crippen LogP contribution in [-0.4, -0.2) is 29.9 Å². The molecule has 0 aromatic carbocycles. The molecule has 178 valence electrons. The average Bonchev–Trinajstić information content (AvgIpc) is 3.45. The van der Waals surface area contributed by atoms with Crippen LogP contribution in [0.3, 0.4) is 0 Å². The lowest BCUT2D eigenvalue weighted by Gasteiger charge is -2.23. The largest absolute Gasteiger partial charge is 0.504 e. The molecular formula is C26H32O7. The maximum absolute atomic E-state index is 12.3. The topological polar surface area (TPSA) is 95.2 Å². The fourth-order valence-electron chi connectivity index (χ4n) is 3.93. The number of esters is 2. The molecule has 0 fully saturated rings. The number of furan rings is 1. The van der Waals surface area contributed by atoms with E-state index in [1.165, 1.54) is 12.7 Å². The van der Waals surface area contributed by atoms with Gasteiger partial charge in [-0.25, -0.2) is 9.59 Å². The number of hydrogen-bond donors (Lipinski definition) is 1. The summed E-state index contributed by atoms with van der Waals surface area (Å²) in [6.07, 6.45) is 13.5. The first kappa shape index (κ1) is 24.6. The predicted molar refractivity (Wildman–Crippen MR) is 122 cm³/mol. The first-order valence-electron chi connectivity index (χ1n) is 11.2. The molecule has 7 nitrogen and oxygen atoms in total. The molecule has 0 saturated carbocycles. The van der Waals surface area contributed by atoms with Gasteiger partial charge in [0.15, 0.2) is 11.5 Å². The van der Waals surface area contributed by atoms with Crippen LogP contribution in [0.1, 0.15) is 58.4 Å². The number of methoxy groups -OCH3 is 1. The number of rotatable bonds is 11. The minimum absolute atomic E-state index is 0.0649. The van der Waals surface area contributed by atoms with Crippen molar-refractivity contribution in [3.05, 3.63) is 70.6 Å². The number of allylic oxidation sites excluding steroid dienone is 3. The standard InChI is InChI=1S/C26H32O7/c1-17(7-5-9-18(2)13-22-23(27)19(3)24(28)32-22)8-6-10-21-15-26(30-4,33-25(21)29)14-20-11-12-31-16-20/h8,11-13,15-16,18,27H,5-7,9-10,14H2,1-4H3/b17-8+,22-13-. The van der Waals surface area contributed by atoms with Crippen LogP contribution >= 0.6 is 0 Å². The molecule has 0 spiro atoms. The van der Waals surface area contributed by atoms with Gasteiger partial charge in [-0.05, 0) is 75.7 Å². The van der Waals surface area contributed by atoms with Crippen molar-refractivity contribution in [3.63, 3.8) is 0 Å². The molecule has 1 aromatic rings. The van der Waals surface area contributed by atoms with Crippen molar-refractivity contribution in [2.75, 3.05) is 7.11 Å². The second-order valence-electron chi connectivity index (χ2n) is 8.74. The second kappa shape index (κ2) is 10.7. The molecule has 2 unspecified atom stereocenters. The van der Waals surface area contributed by atoms with Gasteiger partial charge >= 0.3 is 11.9 Å². The Hall–Kier alpha value is -3.06. The Labute approximate surface area is 194 Å². The fourth-order valence-corrected chi connectivity index (χ4v) is 3.93. The molecule has 0 aliphatic carbocycles. The Kier molecular flexibility index (Phi) is 7.97. The van der Waals surface area contributed by atoms with E-state index in [9.17, 15) is 14.7 Å². The van der Waals surface area contributed by atoms with Gasteiger partial charge in [0.2, 0.25) is 5.79 Å². The van der Waals surface area contributed by atoms with E-state index in [1.807, 2.05) is 13.0 Å². The van der Waals surface area contributed by atoms with Crippen molar-refractivity contribution in [2.24, 2.45) is 5.92 Å². The lowest BCUT2D eigenvalue weighted by Crippen LogP contribution is -2.33. The molecule has 0 bridgehead atoms. The van der Waals surface area contributed by atoms with E-state index in [0.717, 1.165) is 31.2 Å². The number of aliphatic hydroxyl groups excluding tert-OH is 1. The SMILES string of the molecule is COC1(Cc2ccoc2)C=C(CC/C=C(\C)CCCC(C)/C=C2\OC(=O)C(C)=C2O)C(=O)O1. The molecule has 2 aliphatic heterocycles. The lowest BCUT2D eigenvalue weighted by atomic mass is 9.99. The monoisotopic (exact) mass is 456 g/mol. The molecular weight excluding hydrogens is 424 g/mol. The molecule has 7 heteroatoms. The minimum Gasteiger partial charge on any atom is -0.504 e. The highest BCUT2D eigenvalue weighted by Crippen LogP contribution is 2.32. The summed E-state index contributed by atoms with van der Waals surface area (Å²) in [5.41, 5.74) is 3.02. The van der Waals surface area contributed by atoms with Crippen LogP contribution < -0.4 is 0 Å². The highest BCUT2D eigenvalue weighted by atomic mass is 16.7. The summed E-state index contributed by atoms with van der Waals surface area (Å²) in [6.45, 7) is 5.66. The summed E-state index contributed by atoms with van der Waals surface area (Å²) < 4.78 is 21.2. The van der Waals surface area contributed by atoms with Gasteiger partial charge in [-0.2, -0.15) is 0 Å². The van der Waals surface area contributed by atoms with Crippen molar-refractivity contribution in [3.8, 4) is 0 Å². The Morgan fingerprint density at radius 3 is 2.73 bits per heavy atom. The summed E-state index contributed by atoms with van der Waals surface area (Å²) in [5.74, 6) is -1.54. The van der Waals surface area contributed by atoms with Gasteiger partial charge in [-0.3, -0.25) is 0 Å². The van der Waals surface area contributed by atoms with E-state index >= 15 is 0 Å². The third kappa shape index (κ3) is 6.26. The van der Waals surface area contributed by atoms with Crippen LogP contribution in [0.15, 0.2) is 69.5 Å². The normalized spacial score (nSPS) is 23.2. The van der Waals surface area contributed by atoms with Crippen molar-refractivity contribution < 1.29 is 33.3 Å². The van der Waals surface area contributed by atoms with Crippen molar-refractivity contribution in [1.82, 2.24) is 0 Å². The van der Waals surface area contributed by atoms with Gasteiger partial charge in [0.25, 0.3) is 0 Å². The lowest BCUT2D eigenvalue weighted by molar-refractivity contribution is -0.188. The zero-order valence-electron chi connectivity index (χ0n) is 19.7. The van der Waals surface area contributed by atoms with Crippen molar-refractivity contribution in [2.45, 2.75) is 65.1 Å². The number of hydrogen-bond acceptors (Lipinski definition) is 7. The third-order valence-corrected chi connectivity index (χ3v) is 5.97. The van der Waals surface area contributed by atoms with E-state index in [2.05, 4.69) is 13.0 Å². The fraction of sp³-hybridized carbons (Fsp3) is 0.462. The summed E-state index contributed by atoms with van der Waals surface area (Å²) in [7, 11) is 1.53. The van der Waals surface area contributed by atoms with Crippen molar-refractivity contribution in [1.29, 1.82) is 0 Å². The highest BCUT2D eigenvalue weighted by molar-refractivity contribution is 5.93. The molecule has 1 aromatic heterocycles. The average molecular weight is 457 g/mol. The minimum atomic E-state index is -1.07. The number of cyclic esters (lactones) is 2.